The molecule has 2 aromatic carbocycles. The van der Waals surface area contributed by atoms with Gasteiger partial charge in [-0.3, -0.25) is 4.79 Å². The molecule has 0 fully saturated rings. The van der Waals surface area contributed by atoms with E-state index in [9.17, 15) is 4.79 Å². The van der Waals surface area contributed by atoms with Crippen LogP contribution in [0.4, 0.5) is 11.6 Å². The van der Waals surface area contributed by atoms with E-state index in [-0.39, 0.29) is 12.1 Å². The largest absolute Gasteiger partial charge is 0.457 e. The number of carbonyl (C=O) groups excluding carboxylic acids is 1. The number of carbonyl (C=O) groups is 1. The number of rotatable bonds is 6. The van der Waals surface area contributed by atoms with Crippen molar-refractivity contribution in [3.8, 4) is 0 Å². The smallest absolute Gasteiger partial charge is 0.306 e. The molecule has 0 amide bonds. The van der Waals surface area contributed by atoms with Crippen LogP contribution >= 0.6 is 34.8 Å². The second kappa shape index (κ2) is 9.27. The average molecular weight is 481 g/mol. The van der Waals surface area contributed by atoms with Crippen LogP contribution in [0.2, 0.25) is 15.1 Å². The molecule has 1 aliphatic heterocycles. The highest BCUT2D eigenvalue weighted by Gasteiger charge is 2.28. The maximum absolute atomic E-state index is 12.2. The lowest BCUT2D eigenvalue weighted by atomic mass is 10.0. The predicted molar refractivity (Wildman–Crippen MR) is 127 cm³/mol. The van der Waals surface area contributed by atoms with E-state index < -0.39 is 0 Å². The zero-order valence-electron chi connectivity index (χ0n) is 17.5. The zero-order chi connectivity index (χ0) is 22.1. The first-order chi connectivity index (χ1) is 14.9. The first-order valence-corrected chi connectivity index (χ1v) is 11.7. The molecule has 1 unspecified atom stereocenters. The summed E-state index contributed by atoms with van der Waals surface area (Å²) in [5.41, 5.74) is 3.39. The van der Waals surface area contributed by atoms with Gasteiger partial charge in [-0.1, -0.05) is 54.7 Å². The van der Waals surface area contributed by atoms with Crippen LogP contribution in [0.15, 0.2) is 30.3 Å². The summed E-state index contributed by atoms with van der Waals surface area (Å²) in [5, 5.41) is 1.72. The van der Waals surface area contributed by atoms with Crippen molar-refractivity contribution in [3.63, 3.8) is 0 Å². The minimum Gasteiger partial charge on any atom is -0.457 e. The zero-order valence-corrected chi connectivity index (χ0v) is 19.8. The molecule has 3 aromatic rings. The maximum Gasteiger partial charge on any atom is 0.306 e. The number of aryl methyl sites for hydroxylation is 1. The van der Waals surface area contributed by atoms with E-state index in [1.807, 2.05) is 38.1 Å². The van der Waals surface area contributed by atoms with E-state index in [2.05, 4.69) is 9.47 Å². The molecule has 1 aromatic heterocycles. The van der Waals surface area contributed by atoms with E-state index >= 15 is 0 Å². The van der Waals surface area contributed by atoms with Crippen molar-refractivity contribution in [3.05, 3.63) is 51.0 Å². The highest BCUT2D eigenvalue weighted by Crippen LogP contribution is 2.41. The van der Waals surface area contributed by atoms with Crippen molar-refractivity contribution in [2.45, 2.75) is 52.2 Å². The highest BCUT2D eigenvalue weighted by molar-refractivity contribution is 6.36. The lowest BCUT2D eigenvalue weighted by molar-refractivity contribution is -0.149. The van der Waals surface area contributed by atoms with Crippen LogP contribution in [0.5, 0.6) is 0 Å². The lowest BCUT2D eigenvalue weighted by Crippen LogP contribution is -2.28. The topological polar surface area (TPSA) is 47.4 Å². The molecule has 0 N–H and O–H groups in total. The Morgan fingerprint density at radius 2 is 1.94 bits per heavy atom. The van der Waals surface area contributed by atoms with Gasteiger partial charge in [-0.25, -0.2) is 4.98 Å². The molecule has 0 aliphatic carbocycles. The number of imidazole rings is 1. The number of halogens is 3. The van der Waals surface area contributed by atoms with Crippen molar-refractivity contribution in [2.24, 2.45) is 0 Å². The van der Waals surface area contributed by atoms with Gasteiger partial charge in [0.15, 0.2) is 0 Å². The SMILES string of the molecule is CCCC(=O)OC(CC)c1ccc(Cl)c2nc3n(c12)CCCN3c1ccc(Cl)cc1Cl. The van der Waals surface area contributed by atoms with Gasteiger partial charge in [-0.2, -0.15) is 0 Å². The van der Waals surface area contributed by atoms with Crippen molar-refractivity contribution < 1.29 is 9.53 Å². The molecular weight excluding hydrogens is 457 g/mol. The van der Waals surface area contributed by atoms with Gasteiger partial charge in [0.2, 0.25) is 5.95 Å². The summed E-state index contributed by atoms with van der Waals surface area (Å²) in [5.74, 6) is 0.583. The van der Waals surface area contributed by atoms with Gasteiger partial charge in [0.1, 0.15) is 11.6 Å². The Bertz CT molecular complexity index is 1130. The van der Waals surface area contributed by atoms with E-state index in [1.54, 1.807) is 6.07 Å². The van der Waals surface area contributed by atoms with Crippen molar-refractivity contribution in [2.75, 3.05) is 11.4 Å². The molecule has 0 bridgehead atoms. The van der Waals surface area contributed by atoms with E-state index in [0.717, 1.165) is 48.6 Å². The molecule has 4 rings (SSSR count). The summed E-state index contributed by atoms with van der Waals surface area (Å²) < 4.78 is 7.96. The molecule has 0 saturated carbocycles. The van der Waals surface area contributed by atoms with E-state index in [0.29, 0.717) is 33.4 Å². The maximum atomic E-state index is 12.2. The fourth-order valence-corrected chi connectivity index (χ4v) is 4.81. The average Bonchev–Trinajstić information content (AvgIpc) is 3.14. The van der Waals surface area contributed by atoms with Crippen molar-refractivity contribution in [1.29, 1.82) is 0 Å². The van der Waals surface area contributed by atoms with Crippen LogP contribution in [0.3, 0.4) is 0 Å². The molecule has 164 valence electrons. The molecule has 2 heterocycles. The molecule has 1 atom stereocenters. The summed E-state index contributed by atoms with van der Waals surface area (Å²) in [7, 11) is 0. The minimum atomic E-state index is -0.353. The van der Waals surface area contributed by atoms with Crippen LogP contribution in [0, 0.1) is 0 Å². The minimum absolute atomic E-state index is 0.189. The first-order valence-electron chi connectivity index (χ1n) is 10.5. The van der Waals surface area contributed by atoms with Gasteiger partial charge in [0.05, 0.1) is 21.2 Å². The Hall–Kier alpha value is -1.95. The molecular formula is C23H24Cl3N3O2. The summed E-state index contributed by atoms with van der Waals surface area (Å²) in [6, 6.07) is 9.24. The third-order valence-electron chi connectivity index (χ3n) is 5.51. The van der Waals surface area contributed by atoms with Crippen LogP contribution in [0.25, 0.3) is 11.0 Å². The third-order valence-corrected chi connectivity index (χ3v) is 6.35. The number of hydrogen-bond donors (Lipinski definition) is 0. The number of hydrogen-bond acceptors (Lipinski definition) is 4. The van der Waals surface area contributed by atoms with E-state index in [1.165, 1.54) is 0 Å². The predicted octanol–water partition coefficient (Wildman–Crippen LogP) is 7.33. The molecule has 0 spiro atoms. The third kappa shape index (κ3) is 4.23. The Kier molecular flexibility index (Phi) is 6.65. The van der Waals surface area contributed by atoms with Gasteiger partial charge in [0.25, 0.3) is 0 Å². The number of fused-ring (bicyclic) bond motifs is 3. The fourth-order valence-electron chi connectivity index (χ4n) is 4.10. The van der Waals surface area contributed by atoms with Crippen LogP contribution in [0.1, 0.15) is 51.2 Å². The Morgan fingerprint density at radius 1 is 1.13 bits per heavy atom. The summed E-state index contributed by atoms with van der Waals surface area (Å²) >= 11 is 19.1. The van der Waals surface area contributed by atoms with Crippen LogP contribution < -0.4 is 4.90 Å². The molecule has 31 heavy (non-hydrogen) atoms. The van der Waals surface area contributed by atoms with Crippen LogP contribution in [-0.4, -0.2) is 22.1 Å². The summed E-state index contributed by atoms with van der Waals surface area (Å²) in [6.07, 6.45) is 2.38. The Labute approximate surface area is 196 Å². The molecule has 1 aliphatic rings. The number of ether oxygens (including phenoxy) is 1. The summed E-state index contributed by atoms with van der Waals surface area (Å²) in [6.45, 7) is 5.55. The fraction of sp³-hybridized carbons (Fsp3) is 0.391. The van der Waals surface area contributed by atoms with Crippen molar-refractivity contribution >= 4 is 63.4 Å². The lowest BCUT2D eigenvalue weighted by Gasteiger charge is -2.30. The first kappa shape index (κ1) is 22.3. The van der Waals surface area contributed by atoms with Gasteiger partial charge in [-0.05, 0) is 43.5 Å². The molecule has 8 heteroatoms. The van der Waals surface area contributed by atoms with Crippen molar-refractivity contribution in [1.82, 2.24) is 9.55 Å². The van der Waals surface area contributed by atoms with E-state index in [4.69, 9.17) is 44.5 Å². The monoisotopic (exact) mass is 479 g/mol. The molecule has 0 saturated heterocycles. The number of anilines is 2. The van der Waals surface area contributed by atoms with Gasteiger partial charge >= 0.3 is 5.97 Å². The quantitative estimate of drug-likeness (QED) is 0.346. The normalized spacial score (nSPS) is 14.5. The molecule has 0 radical (unpaired) electrons. The van der Waals surface area contributed by atoms with Gasteiger partial charge < -0.3 is 14.2 Å². The number of esters is 1. The second-order valence-electron chi connectivity index (χ2n) is 7.63. The number of benzene rings is 2. The number of nitrogens with zero attached hydrogens (tertiary/aromatic N) is 3. The van der Waals surface area contributed by atoms with Crippen LogP contribution in [-0.2, 0) is 16.1 Å². The Balaban J connectivity index is 1.85. The standard InChI is InChI=1S/C23H24Cl3N3O2/c1-3-6-20(30)31-19(4-2)15-8-9-16(25)21-22(15)29-12-5-11-28(23(29)27-21)18-10-7-14(24)13-17(18)26/h7-10,13,19H,3-6,11-12H2,1-2H3. The second-order valence-corrected chi connectivity index (χ2v) is 8.89. The molecule has 5 nitrogen and oxygen atoms in total. The number of aromatic nitrogens is 2. The Morgan fingerprint density at radius 3 is 2.65 bits per heavy atom. The highest BCUT2D eigenvalue weighted by atomic mass is 35.5. The van der Waals surface area contributed by atoms with Gasteiger partial charge in [-0.15, -0.1) is 0 Å². The summed E-state index contributed by atoms with van der Waals surface area (Å²) in [4.78, 5) is 19.2. The van der Waals surface area contributed by atoms with Gasteiger partial charge in [0, 0.05) is 30.1 Å².